The third-order valence-corrected chi connectivity index (χ3v) is 5.08. The van der Waals surface area contributed by atoms with Crippen LogP contribution < -0.4 is 5.32 Å². The summed E-state index contributed by atoms with van der Waals surface area (Å²) in [5.41, 5.74) is 0.465. The Kier molecular flexibility index (Phi) is 5.92. The molecule has 1 N–H and O–H groups in total. The highest BCUT2D eigenvalue weighted by Crippen LogP contribution is 2.24. The lowest BCUT2D eigenvalue weighted by molar-refractivity contribution is -0.138. The first kappa shape index (κ1) is 19.5. The minimum Gasteiger partial charge on any atom is -0.444 e. The van der Waals surface area contributed by atoms with Crippen molar-refractivity contribution in [3.63, 3.8) is 0 Å². The molecule has 2 saturated heterocycles. The number of ether oxygens (including phenoxy) is 1. The van der Waals surface area contributed by atoms with E-state index in [0.717, 1.165) is 37.9 Å². The van der Waals surface area contributed by atoms with Crippen molar-refractivity contribution in [1.29, 1.82) is 0 Å². The summed E-state index contributed by atoms with van der Waals surface area (Å²) < 4.78 is 5.51. The van der Waals surface area contributed by atoms with Crippen molar-refractivity contribution < 1.29 is 14.3 Å². The second kappa shape index (κ2) is 8.19. The maximum absolute atomic E-state index is 13.1. The summed E-state index contributed by atoms with van der Waals surface area (Å²) in [4.78, 5) is 29.2. The van der Waals surface area contributed by atoms with Crippen LogP contribution in [0.3, 0.4) is 0 Å². The number of para-hydroxylation sites is 1. The van der Waals surface area contributed by atoms with E-state index in [0.29, 0.717) is 13.1 Å². The third kappa shape index (κ3) is 5.15. The molecule has 6 nitrogen and oxygen atoms in total. The van der Waals surface area contributed by atoms with E-state index in [9.17, 15) is 9.59 Å². The minimum atomic E-state index is -0.504. The molecule has 2 heterocycles. The average Bonchev–Trinajstić information content (AvgIpc) is 2.63. The molecule has 148 valence electrons. The van der Waals surface area contributed by atoms with Crippen molar-refractivity contribution in [1.82, 2.24) is 9.80 Å². The molecule has 27 heavy (non-hydrogen) atoms. The number of piperidine rings is 2. The molecular formula is C21H31N3O3. The summed E-state index contributed by atoms with van der Waals surface area (Å²) in [7, 11) is 0. The smallest absolute Gasteiger partial charge is 0.410 e. The van der Waals surface area contributed by atoms with Gasteiger partial charge in [0.25, 0.3) is 0 Å². The van der Waals surface area contributed by atoms with Gasteiger partial charge in [-0.3, -0.25) is 4.79 Å². The van der Waals surface area contributed by atoms with E-state index in [1.165, 1.54) is 0 Å². The van der Waals surface area contributed by atoms with Gasteiger partial charge >= 0.3 is 6.09 Å². The summed E-state index contributed by atoms with van der Waals surface area (Å²) in [5, 5.41) is 3.37. The van der Waals surface area contributed by atoms with E-state index in [-0.39, 0.29) is 24.1 Å². The van der Waals surface area contributed by atoms with Gasteiger partial charge in [-0.25, -0.2) is 4.79 Å². The number of nitrogens with zero attached hydrogens (tertiary/aromatic N) is 2. The fraction of sp³-hybridized carbons (Fsp3) is 0.619. The highest BCUT2D eigenvalue weighted by Gasteiger charge is 2.36. The Balaban J connectivity index is 1.62. The number of carbonyl (C=O) groups is 2. The lowest BCUT2D eigenvalue weighted by Crippen LogP contribution is -2.57. The van der Waals surface area contributed by atoms with Crippen LogP contribution in [0.5, 0.6) is 0 Å². The predicted molar refractivity (Wildman–Crippen MR) is 106 cm³/mol. The van der Waals surface area contributed by atoms with Gasteiger partial charge in [-0.1, -0.05) is 18.2 Å². The number of anilines is 1. The molecular weight excluding hydrogens is 342 g/mol. The van der Waals surface area contributed by atoms with Crippen LogP contribution in [-0.2, 0) is 9.53 Å². The Bertz CT molecular complexity index is 656. The number of carbonyl (C=O) groups excluding carboxylic acids is 2. The van der Waals surface area contributed by atoms with Crippen molar-refractivity contribution in [2.75, 3.05) is 25.0 Å². The Morgan fingerprint density at radius 2 is 1.81 bits per heavy atom. The van der Waals surface area contributed by atoms with E-state index in [1.54, 1.807) is 4.90 Å². The summed E-state index contributed by atoms with van der Waals surface area (Å²) in [6.07, 6.45) is 3.36. The predicted octanol–water partition coefficient (Wildman–Crippen LogP) is 3.49. The fourth-order valence-electron chi connectivity index (χ4n) is 3.83. The summed E-state index contributed by atoms with van der Waals surface area (Å²) in [6.45, 7) is 7.64. The Labute approximate surface area is 161 Å². The minimum absolute atomic E-state index is 0.0686. The molecule has 0 saturated carbocycles. The molecule has 0 unspecified atom stereocenters. The van der Waals surface area contributed by atoms with Crippen LogP contribution in [0.2, 0.25) is 0 Å². The largest absolute Gasteiger partial charge is 0.444 e. The number of nitrogens with one attached hydrogen (secondary N) is 1. The Morgan fingerprint density at radius 3 is 2.52 bits per heavy atom. The molecule has 0 radical (unpaired) electrons. The van der Waals surface area contributed by atoms with Crippen molar-refractivity contribution in [3.8, 4) is 0 Å². The fourth-order valence-corrected chi connectivity index (χ4v) is 3.83. The quantitative estimate of drug-likeness (QED) is 0.881. The van der Waals surface area contributed by atoms with Crippen molar-refractivity contribution in [2.24, 2.45) is 0 Å². The number of benzene rings is 1. The lowest BCUT2D eigenvalue weighted by Gasteiger charge is -2.43. The maximum atomic E-state index is 13.1. The van der Waals surface area contributed by atoms with E-state index < -0.39 is 5.60 Å². The monoisotopic (exact) mass is 373 g/mol. The number of amides is 2. The molecule has 0 spiro atoms. The molecule has 2 fully saturated rings. The van der Waals surface area contributed by atoms with Crippen molar-refractivity contribution >= 4 is 17.7 Å². The molecule has 6 heteroatoms. The number of rotatable bonds is 3. The zero-order valence-electron chi connectivity index (χ0n) is 16.6. The zero-order chi connectivity index (χ0) is 19.4. The molecule has 3 rings (SSSR count). The Morgan fingerprint density at radius 1 is 1.11 bits per heavy atom. The molecule has 2 aliphatic rings. The number of likely N-dealkylation sites (tertiary alicyclic amines) is 2. The molecule has 0 aliphatic carbocycles. The summed E-state index contributed by atoms with van der Waals surface area (Å²) in [6, 6.07) is 9.74. The second-order valence-corrected chi connectivity index (χ2v) is 8.46. The van der Waals surface area contributed by atoms with Crippen molar-refractivity contribution in [2.45, 2.75) is 64.1 Å². The maximum Gasteiger partial charge on any atom is 0.410 e. The van der Waals surface area contributed by atoms with Gasteiger partial charge in [0.2, 0.25) is 5.91 Å². The first-order chi connectivity index (χ1) is 12.8. The second-order valence-electron chi connectivity index (χ2n) is 8.46. The molecule has 1 aromatic carbocycles. The topological polar surface area (TPSA) is 61.9 Å². The highest BCUT2D eigenvalue weighted by atomic mass is 16.6. The van der Waals surface area contributed by atoms with Crippen LogP contribution in [0.25, 0.3) is 0 Å². The summed E-state index contributed by atoms with van der Waals surface area (Å²) >= 11 is 0. The summed E-state index contributed by atoms with van der Waals surface area (Å²) in [5.74, 6) is 0.140. The number of hydrogen-bond donors (Lipinski definition) is 1. The molecule has 1 aromatic rings. The van der Waals surface area contributed by atoms with Gasteiger partial charge in [-0.05, 0) is 58.6 Å². The Hall–Kier alpha value is -2.24. The molecule has 2 aliphatic heterocycles. The van der Waals surface area contributed by atoms with Crippen LogP contribution in [0.1, 0.15) is 46.5 Å². The molecule has 0 aromatic heterocycles. The van der Waals surface area contributed by atoms with Gasteiger partial charge in [-0.15, -0.1) is 0 Å². The molecule has 2 amide bonds. The van der Waals surface area contributed by atoms with Crippen LogP contribution in [-0.4, -0.2) is 59.1 Å². The first-order valence-electron chi connectivity index (χ1n) is 9.93. The van der Waals surface area contributed by atoms with Crippen molar-refractivity contribution in [3.05, 3.63) is 30.3 Å². The van der Waals surface area contributed by atoms with Gasteiger partial charge < -0.3 is 19.9 Å². The van der Waals surface area contributed by atoms with E-state index in [2.05, 4.69) is 5.32 Å². The zero-order valence-corrected chi connectivity index (χ0v) is 16.6. The number of hydrogen-bond acceptors (Lipinski definition) is 4. The SMILES string of the molecule is CC(C)(C)OC(=O)N1CCC[C@@H](N2CCC[C@H](Nc3ccccc3)C2=O)C1. The van der Waals surface area contributed by atoms with Gasteiger partial charge in [0.15, 0.2) is 0 Å². The lowest BCUT2D eigenvalue weighted by atomic mass is 9.98. The molecule has 2 atom stereocenters. The highest BCUT2D eigenvalue weighted by molar-refractivity contribution is 5.85. The van der Waals surface area contributed by atoms with Gasteiger partial charge in [-0.2, -0.15) is 0 Å². The van der Waals surface area contributed by atoms with Crippen LogP contribution in [0.4, 0.5) is 10.5 Å². The van der Waals surface area contributed by atoms with Crippen LogP contribution in [0.15, 0.2) is 30.3 Å². The van der Waals surface area contributed by atoms with E-state index in [1.807, 2.05) is 56.0 Å². The van der Waals surface area contributed by atoms with Crippen LogP contribution >= 0.6 is 0 Å². The van der Waals surface area contributed by atoms with Gasteiger partial charge in [0.05, 0.1) is 0 Å². The standard InChI is InChI=1S/C21H31N3O3/c1-21(2,3)27-20(26)23-13-7-11-17(15-23)24-14-8-12-18(19(24)25)22-16-9-5-4-6-10-16/h4-6,9-10,17-18,22H,7-8,11-15H2,1-3H3/t17-,18+/m1/s1. The van der Waals surface area contributed by atoms with E-state index >= 15 is 0 Å². The normalized spacial score (nSPS) is 23.9. The van der Waals surface area contributed by atoms with Crippen LogP contribution in [0, 0.1) is 0 Å². The average molecular weight is 373 g/mol. The first-order valence-corrected chi connectivity index (χ1v) is 9.93. The van der Waals surface area contributed by atoms with Gasteiger partial charge in [0, 0.05) is 31.4 Å². The van der Waals surface area contributed by atoms with E-state index in [4.69, 9.17) is 4.74 Å². The third-order valence-electron chi connectivity index (χ3n) is 5.08. The molecule has 0 bridgehead atoms. The van der Waals surface area contributed by atoms with Gasteiger partial charge in [0.1, 0.15) is 11.6 Å².